The van der Waals surface area contributed by atoms with Gasteiger partial charge >= 0.3 is 11.9 Å². The molecule has 35 heavy (non-hydrogen) atoms. The normalized spacial score (nSPS) is 20.0. The topological polar surface area (TPSA) is 212 Å². The molecular weight excluding hydrogens is 508 g/mol. The van der Waals surface area contributed by atoms with Crippen LogP contribution >= 0.6 is 11.8 Å². The molecule has 5 N–H and O–H groups in total. The van der Waals surface area contributed by atoms with Gasteiger partial charge in [0.1, 0.15) is 29.5 Å². The van der Waals surface area contributed by atoms with E-state index < -0.39 is 56.7 Å². The van der Waals surface area contributed by atoms with Crippen molar-refractivity contribution >= 4 is 56.9 Å². The van der Waals surface area contributed by atoms with Gasteiger partial charge < -0.3 is 25.5 Å². The predicted octanol–water partition coefficient (Wildman–Crippen LogP) is -0.756. The van der Waals surface area contributed by atoms with E-state index in [2.05, 4.69) is 10.5 Å². The number of aromatic hydroxyl groups is 1. The quantitative estimate of drug-likeness (QED) is 0.0706. The molecule has 1 fully saturated rings. The van der Waals surface area contributed by atoms with Crippen molar-refractivity contribution in [3.05, 3.63) is 35.0 Å². The van der Waals surface area contributed by atoms with Crippen LogP contribution in [0, 0.1) is 0 Å². The van der Waals surface area contributed by atoms with Gasteiger partial charge in [0.25, 0.3) is 11.8 Å². The van der Waals surface area contributed by atoms with E-state index in [4.69, 9.17) is 4.74 Å². The predicted molar refractivity (Wildman–Crippen MR) is 121 cm³/mol. The van der Waals surface area contributed by atoms with E-state index in [9.17, 15) is 43.0 Å². The average molecular weight is 529 g/mol. The first-order chi connectivity index (χ1) is 16.3. The minimum absolute atomic E-state index is 0.0799. The van der Waals surface area contributed by atoms with Gasteiger partial charge in [0, 0.05) is 23.8 Å². The molecule has 1 aromatic carbocycles. The van der Waals surface area contributed by atoms with Crippen molar-refractivity contribution in [1.29, 1.82) is 0 Å². The number of nitrogens with zero attached hydrogens (tertiary/aromatic N) is 2. The summed E-state index contributed by atoms with van der Waals surface area (Å²) in [7, 11) is -3.78. The van der Waals surface area contributed by atoms with Crippen LogP contribution in [0.2, 0.25) is 0 Å². The minimum atomic E-state index is -3.78. The first-order valence-electron chi connectivity index (χ1n) is 9.71. The lowest BCUT2D eigenvalue weighted by atomic mass is 10.0. The van der Waals surface area contributed by atoms with Crippen LogP contribution in [0.25, 0.3) is 0 Å². The van der Waals surface area contributed by atoms with E-state index in [-0.39, 0.29) is 34.9 Å². The number of oxime groups is 1. The van der Waals surface area contributed by atoms with E-state index in [1.165, 1.54) is 6.07 Å². The first kappa shape index (κ1) is 25.8. The third-order valence-electron chi connectivity index (χ3n) is 4.87. The number of phenolic OH excluding ortho intramolecular Hbond substituents is 1. The van der Waals surface area contributed by atoms with Crippen LogP contribution in [0.4, 0.5) is 5.69 Å². The van der Waals surface area contributed by atoms with Crippen molar-refractivity contribution in [2.75, 3.05) is 23.3 Å². The van der Waals surface area contributed by atoms with Gasteiger partial charge in [-0.15, -0.1) is 11.8 Å². The monoisotopic (exact) mass is 528 g/mol. The molecule has 2 amide bonds. The molecule has 0 radical (unpaired) electrons. The number of hydrogen-bond acceptors (Lipinski definition) is 11. The molecule has 0 spiro atoms. The fourth-order valence-corrected chi connectivity index (χ4v) is 5.28. The SMILES string of the molecule is CC(=O)OCC1=C(C(=O)O)N2C(=O)[C@@H](NC(=O)C(=NO)c3ccc(O)c(NS(C)(=O)=O)c3)[C@H]2SC1. The zero-order chi connectivity index (χ0) is 26.1. The van der Waals surface area contributed by atoms with Crippen molar-refractivity contribution in [3.8, 4) is 5.75 Å². The van der Waals surface area contributed by atoms with Gasteiger partial charge in [-0.25, -0.2) is 13.2 Å². The molecule has 2 heterocycles. The smallest absolute Gasteiger partial charge is 0.352 e. The fraction of sp³-hybridized carbons (Fsp3) is 0.316. The molecule has 0 aromatic heterocycles. The third-order valence-corrected chi connectivity index (χ3v) is 6.80. The number of sulfonamides is 1. The lowest BCUT2D eigenvalue weighted by Crippen LogP contribution is -2.71. The number of carbonyl (C=O) groups excluding carboxylic acids is 3. The number of ether oxygens (including phenoxy) is 1. The molecule has 0 aliphatic carbocycles. The number of carboxylic acids is 1. The molecule has 0 saturated carbocycles. The van der Waals surface area contributed by atoms with Crippen LogP contribution in [0.1, 0.15) is 12.5 Å². The molecule has 188 valence electrons. The summed E-state index contributed by atoms with van der Waals surface area (Å²) in [5.41, 5.74) is -1.05. The highest BCUT2D eigenvalue weighted by atomic mass is 32.2. The highest BCUT2D eigenvalue weighted by molar-refractivity contribution is 8.00. The van der Waals surface area contributed by atoms with Gasteiger partial charge in [-0.05, 0) is 18.2 Å². The number of β-lactam (4-membered cyclic amide) rings is 1. The second-order valence-electron chi connectivity index (χ2n) is 7.45. The Morgan fingerprint density at radius 2 is 2.00 bits per heavy atom. The Kier molecular flexibility index (Phi) is 7.25. The summed E-state index contributed by atoms with van der Waals surface area (Å²) in [6.07, 6.45) is 0.847. The van der Waals surface area contributed by atoms with E-state index in [0.717, 1.165) is 42.0 Å². The first-order valence-corrected chi connectivity index (χ1v) is 12.7. The van der Waals surface area contributed by atoms with E-state index in [1.54, 1.807) is 0 Å². The molecular formula is C19H20N4O10S2. The number of thioether (sulfide) groups is 1. The molecule has 1 saturated heterocycles. The van der Waals surface area contributed by atoms with Gasteiger partial charge in [-0.3, -0.25) is 24.0 Å². The number of rotatable bonds is 8. The van der Waals surface area contributed by atoms with Crippen molar-refractivity contribution in [3.63, 3.8) is 0 Å². The van der Waals surface area contributed by atoms with Gasteiger partial charge in [0.05, 0.1) is 11.9 Å². The maximum atomic E-state index is 12.8. The molecule has 2 aliphatic rings. The maximum Gasteiger partial charge on any atom is 0.352 e. The van der Waals surface area contributed by atoms with Gasteiger partial charge in [0.2, 0.25) is 10.0 Å². The Bertz CT molecular complexity index is 1270. The number of phenols is 1. The number of hydrogen-bond donors (Lipinski definition) is 5. The lowest BCUT2D eigenvalue weighted by molar-refractivity contribution is -0.150. The Hall–Kier alpha value is -3.79. The van der Waals surface area contributed by atoms with Gasteiger partial charge in [0.15, 0.2) is 5.71 Å². The minimum Gasteiger partial charge on any atom is -0.506 e. The summed E-state index contributed by atoms with van der Waals surface area (Å²) in [6.45, 7) is 0.859. The summed E-state index contributed by atoms with van der Waals surface area (Å²) >= 11 is 1.14. The number of aliphatic carboxylic acids is 1. The molecule has 2 atom stereocenters. The number of fused-ring (bicyclic) bond motifs is 1. The molecule has 0 unspecified atom stereocenters. The van der Waals surface area contributed by atoms with Crippen LogP contribution in [0.15, 0.2) is 34.6 Å². The number of nitrogens with one attached hydrogen (secondary N) is 2. The van der Waals surface area contributed by atoms with Gasteiger partial charge in [-0.2, -0.15) is 0 Å². The summed E-state index contributed by atoms with van der Waals surface area (Å²) < 4.78 is 29.9. The Labute approximate surface area is 202 Å². The number of benzene rings is 1. The van der Waals surface area contributed by atoms with E-state index >= 15 is 0 Å². The zero-order valence-corrected chi connectivity index (χ0v) is 19.8. The lowest BCUT2D eigenvalue weighted by Gasteiger charge is -2.49. The van der Waals surface area contributed by atoms with Crippen LogP contribution in [-0.4, -0.2) is 88.2 Å². The second kappa shape index (κ2) is 9.83. The molecule has 1 aromatic rings. The highest BCUT2D eigenvalue weighted by Crippen LogP contribution is 2.40. The molecule has 16 heteroatoms. The number of carboxylic acid groups (broad SMARTS) is 1. The van der Waals surface area contributed by atoms with Crippen molar-refractivity contribution in [2.45, 2.75) is 18.3 Å². The summed E-state index contributed by atoms with van der Waals surface area (Å²) in [6, 6.07) is 2.17. The number of anilines is 1. The maximum absolute atomic E-state index is 12.8. The Morgan fingerprint density at radius 3 is 2.57 bits per heavy atom. The number of carbonyl (C=O) groups is 4. The highest BCUT2D eigenvalue weighted by Gasteiger charge is 2.54. The van der Waals surface area contributed by atoms with Crippen LogP contribution in [0.5, 0.6) is 5.75 Å². The van der Waals surface area contributed by atoms with Gasteiger partial charge in [-0.1, -0.05) is 5.16 Å². The molecule has 3 rings (SSSR count). The van der Waals surface area contributed by atoms with E-state index in [0.29, 0.717) is 0 Å². The largest absolute Gasteiger partial charge is 0.506 e. The van der Waals surface area contributed by atoms with Crippen LogP contribution in [-0.2, 0) is 33.9 Å². The van der Waals surface area contributed by atoms with Crippen LogP contribution in [0.3, 0.4) is 0 Å². The molecule has 14 nitrogen and oxygen atoms in total. The van der Waals surface area contributed by atoms with Crippen LogP contribution < -0.4 is 10.0 Å². The molecule has 2 aliphatic heterocycles. The summed E-state index contributed by atoms with van der Waals surface area (Å²) in [5.74, 6) is -4.09. The molecule has 0 bridgehead atoms. The summed E-state index contributed by atoms with van der Waals surface area (Å²) in [4.78, 5) is 49.3. The van der Waals surface area contributed by atoms with Crippen molar-refractivity contribution in [2.24, 2.45) is 5.16 Å². The van der Waals surface area contributed by atoms with Crippen molar-refractivity contribution in [1.82, 2.24) is 10.2 Å². The van der Waals surface area contributed by atoms with Crippen molar-refractivity contribution < 1.29 is 47.8 Å². The third kappa shape index (κ3) is 5.48. The second-order valence-corrected chi connectivity index (χ2v) is 10.3. The standard InChI is InChI=1S/C19H20N4O10S2/c1-8(24)33-6-10-7-34-18-14(17(27)23(18)15(10)19(28)29)20-16(26)13(21-30)9-3-4-12(25)11(5-9)22-35(2,31)32/h3-5,14,18,22,25,30H,6-7H2,1-2H3,(H,20,26)(H,28,29)/t14-,18-/m1/s1. The average Bonchev–Trinajstić information content (AvgIpc) is 2.76. The summed E-state index contributed by atoms with van der Waals surface area (Å²) in [5, 5.41) is 33.3. The zero-order valence-electron chi connectivity index (χ0n) is 18.2. The Morgan fingerprint density at radius 1 is 1.31 bits per heavy atom. The Balaban J connectivity index is 1.79. The van der Waals surface area contributed by atoms with E-state index in [1.807, 2.05) is 4.72 Å². The fourth-order valence-electron chi connectivity index (χ4n) is 3.39. The number of amides is 2. The number of esters is 1.